The average Bonchev–Trinajstić information content (AvgIpc) is 2.71. The van der Waals surface area contributed by atoms with Crippen LogP contribution in [0.2, 0.25) is 10.0 Å². The second-order valence-electron chi connectivity index (χ2n) is 9.68. The minimum Gasteiger partial charge on any atom is -0.389 e. The SMILES string of the molecule is CN1CCN(CC2CCCCCCCCCCC2(O)Cc2ccc(Cl)cc2Cl)CC1. The molecule has 2 aliphatic rings. The van der Waals surface area contributed by atoms with Gasteiger partial charge < -0.3 is 14.9 Å². The summed E-state index contributed by atoms with van der Waals surface area (Å²) in [5.74, 6) is 0.284. The quantitative estimate of drug-likeness (QED) is 0.599. The minimum atomic E-state index is -0.708. The number of halogens is 2. The molecule has 0 spiro atoms. The van der Waals surface area contributed by atoms with Gasteiger partial charge in [-0.3, -0.25) is 0 Å². The molecular weight excluding hydrogens is 415 g/mol. The number of hydrogen-bond donors (Lipinski definition) is 1. The van der Waals surface area contributed by atoms with Crippen molar-refractivity contribution in [3.8, 4) is 0 Å². The van der Waals surface area contributed by atoms with Crippen LogP contribution in [-0.4, -0.2) is 60.3 Å². The summed E-state index contributed by atoms with van der Waals surface area (Å²) in [6.07, 6.45) is 12.8. The first-order valence-corrected chi connectivity index (χ1v) is 12.8. The van der Waals surface area contributed by atoms with Gasteiger partial charge in [0.2, 0.25) is 0 Å². The number of piperazine rings is 1. The van der Waals surface area contributed by atoms with Crippen LogP contribution in [0.5, 0.6) is 0 Å². The van der Waals surface area contributed by atoms with Crippen molar-refractivity contribution in [1.82, 2.24) is 9.80 Å². The standard InChI is InChI=1S/C25H40Cl2N2O/c1-28-14-16-29(17-15-28)20-22-10-8-6-4-2-3-5-7-9-13-25(22,30)19-21-11-12-23(26)18-24(21)27/h11-12,18,22,30H,2-10,13-17,19-20H2,1H3. The third kappa shape index (κ3) is 7.38. The summed E-state index contributed by atoms with van der Waals surface area (Å²) < 4.78 is 0. The molecule has 0 aromatic heterocycles. The van der Waals surface area contributed by atoms with Crippen molar-refractivity contribution in [2.24, 2.45) is 5.92 Å². The van der Waals surface area contributed by atoms with E-state index >= 15 is 0 Å². The Morgan fingerprint density at radius 2 is 1.57 bits per heavy atom. The molecule has 30 heavy (non-hydrogen) atoms. The maximum absolute atomic E-state index is 12.1. The van der Waals surface area contributed by atoms with Crippen molar-refractivity contribution in [1.29, 1.82) is 0 Å². The molecule has 1 saturated carbocycles. The number of rotatable bonds is 4. The monoisotopic (exact) mass is 454 g/mol. The summed E-state index contributed by atoms with van der Waals surface area (Å²) in [5, 5.41) is 13.5. The lowest BCUT2D eigenvalue weighted by Crippen LogP contribution is -2.51. The Bertz CT molecular complexity index is 648. The van der Waals surface area contributed by atoms with Crippen LogP contribution in [0.25, 0.3) is 0 Å². The van der Waals surface area contributed by atoms with Crippen molar-refractivity contribution >= 4 is 23.2 Å². The third-order valence-corrected chi connectivity index (χ3v) is 7.85. The molecule has 5 heteroatoms. The summed E-state index contributed by atoms with van der Waals surface area (Å²) in [7, 11) is 2.20. The second kappa shape index (κ2) is 12.1. The zero-order valence-corrected chi connectivity index (χ0v) is 20.2. The van der Waals surface area contributed by atoms with E-state index in [0.717, 1.165) is 57.5 Å². The minimum absolute atomic E-state index is 0.284. The Morgan fingerprint density at radius 3 is 2.23 bits per heavy atom. The van der Waals surface area contributed by atoms with Gasteiger partial charge in [0.05, 0.1) is 5.60 Å². The molecule has 2 fully saturated rings. The number of nitrogens with zero attached hydrogens (tertiary/aromatic N) is 2. The summed E-state index contributed by atoms with van der Waals surface area (Å²) in [5.41, 5.74) is 0.319. The van der Waals surface area contributed by atoms with E-state index in [1.165, 1.54) is 44.9 Å². The van der Waals surface area contributed by atoms with Crippen LogP contribution in [-0.2, 0) is 6.42 Å². The van der Waals surface area contributed by atoms with E-state index in [2.05, 4.69) is 16.8 Å². The molecule has 3 nitrogen and oxygen atoms in total. The van der Waals surface area contributed by atoms with E-state index in [0.29, 0.717) is 16.5 Å². The molecule has 1 saturated heterocycles. The Labute approximate surface area is 193 Å². The molecule has 0 amide bonds. The summed E-state index contributed by atoms with van der Waals surface area (Å²) >= 11 is 12.7. The van der Waals surface area contributed by atoms with Crippen LogP contribution in [0.4, 0.5) is 0 Å². The van der Waals surface area contributed by atoms with Crippen molar-refractivity contribution < 1.29 is 5.11 Å². The van der Waals surface area contributed by atoms with E-state index in [4.69, 9.17) is 23.2 Å². The van der Waals surface area contributed by atoms with Crippen molar-refractivity contribution in [2.75, 3.05) is 39.8 Å². The summed E-state index contributed by atoms with van der Waals surface area (Å²) in [6, 6.07) is 5.72. The predicted molar refractivity (Wildman–Crippen MR) is 129 cm³/mol. The number of benzene rings is 1. The molecule has 1 aromatic carbocycles. The van der Waals surface area contributed by atoms with Gasteiger partial charge in [-0.05, 0) is 37.6 Å². The fourth-order valence-electron chi connectivity index (χ4n) is 5.19. The summed E-state index contributed by atoms with van der Waals surface area (Å²) in [6.45, 7) is 5.44. The van der Waals surface area contributed by atoms with E-state index in [-0.39, 0.29) is 5.92 Å². The van der Waals surface area contributed by atoms with Gasteiger partial charge in [-0.2, -0.15) is 0 Å². The van der Waals surface area contributed by atoms with Crippen molar-refractivity contribution in [3.05, 3.63) is 33.8 Å². The molecule has 0 bridgehead atoms. The molecular formula is C25H40Cl2N2O. The first-order valence-electron chi connectivity index (χ1n) is 12.0. The maximum atomic E-state index is 12.1. The largest absolute Gasteiger partial charge is 0.389 e. The topological polar surface area (TPSA) is 26.7 Å². The summed E-state index contributed by atoms with van der Waals surface area (Å²) in [4.78, 5) is 4.97. The Kier molecular flexibility index (Phi) is 9.78. The Balaban J connectivity index is 1.79. The number of aliphatic hydroxyl groups is 1. The van der Waals surface area contributed by atoms with Gasteiger partial charge >= 0.3 is 0 Å². The zero-order valence-electron chi connectivity index (χ0n) is 18.7. The highest BCUT2D eigenvalue weighted by Crippen LogP contribution is 2.36. The lowest BCUT2D eigenvalue weighted by Gasteiger charge is -2.42. The molecule has 1 aliphatic carbocycles. The maximum Gasteiger partial charge on any atom is 0.0728 e. The third-order valence-electron chi connectivity index (χ3n) is 7.26. The van der Waals surface area contributed by atoms with Gasteiger partial charge in [0, 0.05) is 55.1 Å². The Hall–Kier alpha value is -0.320. The number of hydrogen-bond acceptors (Lipinski definition) is 3. The first-order chi connectivity index (χ1) is 14.5. The lowest BCUT2D eigenvalue weighted by atomic mass is 9.75. The van der Waals surface area contributed by atoms with Crippen molar-refractivity contribution in [3.63, 3.8) is 0 Å². The van der Waals surface area contributed by atoms with Gasteiger partial charge in [0.25, 0.3) is 0 Å². The molecule has 3 rings (SSSR count). The number of likely N-dealkylation sites (N-methyl/N-ethyl adjacent to an activating group) is 1. The highest BCUT2D eigenvalue weighted by atomic mass is 35.5. The fraction of sp³-hybridized carbons (Fsp3) is 0.760. The van der Waals surface area contributed by atoms with Gasteiger partial charge in [0.15, 0.2) is 0 Å². The first kappa shape index (κ1) is 24.3. The molecule has 1 heterocycles. The van der Waals surface area contributed by atoms with E-state index in [1.54, 1.807) is 0 Å². The van der Waals surface area contributed by atoms with Crippen LogP contribution in [0.1, 0.15) is 69.8 Å². The highest BCUT2D eigenvalue weighted by molar-refractivity contribution is 6.35. The molecule has 2 unspecified atom stereocenters. The van der Waals surface area contributed by atoms with Gasteiger partial charge in [-0.1, -0.05) is 80.6 Å². The zero-order chi connectivity index (χ0) is 21.4. The molecule has 0 radical (unpaired) electrons. The van der Waals surface area contributed by atoms with Crippen LogP contribution < -0.4 is 0 Å². The molecule has 1 N–H and O–H groups in total. The van der Waals surface area contributed by atoms with Crippen LogP contribution in [0, 0.1) is 5.92 Å². The Morgan fingerprint density at radius 1 is 0.933 bits per heavy atom. The van der Waals surface area contributed by atoms with Gasteiger partial charge in [-0.25, -0.2) is 0 Å². The smallest absolute Gasteiger partial charge is 0.0728 e. The van der Waals surface area contributed by atoms with E-state index in [9.17, 15) is 5.11 Å². The van der Waals surface area contributed by atoms with E-state index in [1.807, 2.05) is 18.2 Å². The molecule has 1 aliphatic heterocycles. The molecule has 170 valence electrons. The van der Waals surface area contributed by atoms with Gasteiger partial charge in [-0.15, -0.1) is 0 Å². The fourth-order valence-corrected chi connectivity index (χ4v) is 5.66. The van der Waals surface area contributed by atoms with Crippen LogP contribution in [0.15, 0.2) is 18.2 Å². The van der Waals surface area contributed by atoms with E-state index < -0.39 is 5.60 Å². The average molecular weight is 456 g/mol. The lowest BCUT2D eigenvalue weighted by molar-refractivity contribution is -0.0480. The van der Waals surface area contributed by atoms with Crippen molar-refractivity contribution in [2.45, 2.75) is 76.2 Å². The van der Waals surface area contributed by atoms with Crippen LogP contribution >= 0.6 is 23.2 Å². The highest BCUT2D eigenvalue weighted by Gasteiger charge is 2.38. The second-order valence-corrected chi connectivity index (χ2v) is 10.5. The van der Waals surface area contributed by atoms with Gasteiger partial charge in [0.1, 0.15) is 0 Å². The normalized spacial score (nSPS) is 28.6. The van der Waals surface area contributed by atoms with Crippen LogP contribution in [0.3, 0.4) is 0 Å². The predicted octanol–water partition coefficient (Wildman–Crippen LogP) is 6.05. The molecule has 1 aromatic rings. The molecule has 2 atom stereocenters.